The predicted octanol–water partition coefficient (Wildman–Crippen LogP) is 4.26. The van der Waals surface area contributed by atoms with Crippen molar-refractivity contribution >= 4 is 16.8 Å². The minimum Gasteiger partial charge on any atom is -0.492 e. The zero-order chi connectivity index (χ0) is 27.0. The lowest BCUT2D eigenvalue weighted by molar-refractivity contribution is -0.138. The molecule has 3 heterocycles. The maximum absolute atomic E-state index is 13.1. The van der Waals surface area contributed by atoms with Gasteiger partial charge in [0.1, 0.15) is 12.4 Å². The first-order valence-electron chi connectivity index (χ1n) is 14.5. The van der Waals surface area contributed by atoms with Gasteiger partial charge in [0.2, 0.25) is 5.91 Å². The summed E-state index contributed by atoms with van der Waals surface area (Å²) in [5.41, 5.74) is 3.60. The van der Waals surface area contributed by atoms with Crippen LogP contribution in [0.15, 0.2) is 60.8 Å². The summed E-state index contributed by atoms with van der Waals surface area (Å²) in [6, 6.07) is 19.1. The van der Waals surface area contributed by atoms with Gasteiger partial charge in [-0.25, -0.2) is 0 Å². The van der Waals surface area contributed by atoms with Gasteiger partial charge in [-0.2, -0.15) is 0 Å². The second kappa shape index (κ2) is 13.4. The summed E-state index contributed by atoms with van der Waals surface area (Å²) < 4.78 is 6.05. The Balaban J connectivity index is 1.01. The second-order valence-electron chi connectivity index (χ2n) is 11.2. The van der Waals surface area contributed by atoms with E-state index in [1.54, 1.807) is 0 Å². The van der Waals surface area contributed by atoms with Crippen LogP contribution >= 0.6 is 0 Å². The molecule has 2 aliphatic heterocycles. The number of pyridine rings is 1. The summed E-state index contributed by atoms with van der Waals surface area (Å²) in [5.74, 6) is 1.24. The van der Waals surface area contributed by atoms with E-state index in [0.29, 0.717) is 12.5 Å². The maximum atomic E-state index is 13.1. The third-order valence-electron chi connectivity index (χ3n) is 8.16. The molecule has 1 atom stereocenters. The SMILES string of the molecule is CN(Cc1ccc(OCCN2CCN(C(=O)[C@H]3CCCCCN3C)CC2)cc1)Cc1ccc2ncccc2c1. The number of carbonyl (C=O) groups excluding carboxylic acids is 1. The van der Waals surface area contributed by atoms with Crippen LogP contribution in [0.4, 0.5) is 0 Å². The Morgan fingerprint density at radius 3 is 2.54 bits per heavy atom. The van der Waals surface area contributed by atoms with Crippen LogP contribution in [-0.2, 0) is 17.9 Å². The summed E-state index contributed by atoms with van der Waals surface area (Å²) in [6.45, 7) is 7.84. The molecule has 7 nitrogen and oxygen atoms in total. The Hall–Kier alpha value is -3.00. The van der Waals surface area contributed by atoms with Crippen molar-refractivity contribution < 1.29 is 9.53 Å². The van der Waals surface area contributed by atoms with Crippen LogP contribution in [0.2, 0.25) is 0 Å². The van der Waals surface area contributed by atoms with Gasteiger partial charge in [-0.3, -0.25) is 24.5 Å². The zero-order valence-corrected chi connectivity index (χ0v) is 23.6. The zero-order valence-electron chi connectivity index (χ0n) is 23.6. The summed E-state index contributed by atoms with van der Waals surface area (Å²) in [5, 5.41) is 1.18. The number of amides is 1. The number of ether oxygens (including phenoxy) is 1. The van der Waals surface area contributed by atoms with Crippen molar-refractivity contribution in [1.82, 2.24) is 24.6 Å². The average Bonchev–Trinajstić information content (AvgIpc) is 3.18. The van der Waals surface area contributed by atoms with Crippen LogP contribution < -0.4 is 4.74 Å². The molecule has 2 aliphatic rings. The summed E-state index contributed by atoms with van der Waals surface area (Å²) in [7, 11) is 4.26. The summed E-state index contributed by atoms with van der Waals surface area (Å²) in [4.78, 5) is 26.6. The van der Waals surface area contributed by atoms with Crippen molar-refractivity contribution in [1.29, 1.82) is 0 Å². The molecular weight excluding hydrogens is 486 g/mol. The van der Waals surface area contributed by atoms with Crippen molar-refractivity contribution in [3.63, 3.8) is 0 Å². The molecule has 2 aromatic carbocycles. The van der Waals surface area contributed by atoms with E-state index in [-0.39, 0.29) is 6.04 Å². The van der Waals surface area contributed by atoms with E-state index in [4.69, 9.17) is 4.74 Å². The molecule has 5 rings (SSSR count). The maximum Gasteiger partial charge on any atom is 0.240 e. The van der Waals surface area contributed by atoms with Crippen molar-refractivity contribution in [2.24, 2.45) is 0 Å². The lowest BCUT2D eigenvalue weighted by atomic mass is 10.1. The van der Waals surface area contributed by atoms with Gasteiger partial charge in [-0.15, -0.1) is 0 Å². The molecule has 0 bridgehead atoms. The molecule has 0 aliphatic carbocycles. The molecule has 2 fully saturated rings. The fraction of sp³-hybridized carbons (Fsp3) is 0.500. The predicted molar refractivity (Wildman–Crippen MR) is 157 cm³/mol. The minimum atomic E-state index is 0.0707. The molecule has 0 unspecified atom stereocenters. The standard InChI is InChI=1S/C32H43N5O2/c1-34(25-27-11-14-30-28(23-27)7-6-15-33-30)24-26-9-12-29(13-10-26)39-22-21-36-17-19-37(20-18-36)32(38)31-8-4-3-5-16-35(31)2/h6-7,9-15,23,31H,3-5,8,16-22,24-25H2,1-2H3/t31-/m1/s1. The molecule has 208 valence electrons. The van der Waals surface area contributed by atoms with Gasteiger partial charge in [0, 0.05) is 57.4 Å². The molecule has 1 amide bonds. The highest BCUT2D eigenvalue weighted by molar-refractivity contribution is 5.82. The Labute approximate surface area is 233 Å². The third kappa shape index (κ3) is 7.56. The van der Waals surface area contributed by atoms with Crippen molar-refractivity contribution in [2.45, 2.75) is 44.8 Å². The van der Waals surface area contributed by atoms with Gasteiger partial charge in [-0.05, 0) is 74.9 Å². The first-order valence-corrected chi connectivity index (χ1v) is 14.5. The number of fused-ring (bicyclic) bond motifs is 1. The Bertz CT molecular complexity index is 1210. The van der Waals surface area contributed by atoms with Crippen molar-refractivity contribution in [3.05, 3.63) is 71.9 Å². The quantitative estimate of drug-likeness (QED) is 0.413. The van der Waals surface area contributed by atoms with Gasteiger partial charge in [0.15, 0.2) is 0 Å². The number of nitrogens with zero attached hydrogens (tertiary/aromatic N) is 5. The monoisotopic (exact) mass is 529 g/mol. The highest BCUT2D eigenvalue weighted by Gasteiger charge is 2.30. The number of hydrogen-bond acceptors (Lipinski definition) is 6. The number of aromatic nitrogens is 1. The van der Waals surface area contributed by atoms with E-state index in [1.165, 1.54) is 35.8 Å². The van der Waals surface area contributed by atoms with Crippen LogP contribution in [0.25, 0.3) is 10.9 Å². The van der Waals surface area contributed by atoms with E-state index in [0.717, 1.165) is 70.0 Å². The van der Waals surface area contributed by atoms with Gasteiger partial charge in [0.25, 0.3) is 0 Å². The van der Waals surface area contributed by atoms with E-state index >= 15 is 0 Å². The highest BCUT2D eigenvalue weighted by atomic mass is 16.5. The molecule has 39 heavy (non-hydrogen) atoms. The first-order chi connectivity index (χ1) is 19.0. The largest absolute Gasteiger partial charge is 0.492 e. The van der Waals surface area contributed by atoms with E-state index in [9.17, 15) is 4.79 Å². The van der Waals surface area contributed by atoms with Crippen LogP contribution in [-0.4, -0.2) is 96.5 Å². The van der Waals surface area contributed by atoms with Gasteiger partial charge >= 0.3 is 0 Å². The number of carbonyl (C=O) groups is 1. The number of hydrogen-bond donors (Lipinski definition) is 0. The molecule has 3 aromatic rings. The molecule has 1 aromatic heterocycles. The molecule has 2 saturated heterocycles. The molecule has 7 heteroatoms. The second-order valence-corrected chi connectivity index (χ2v) is 11.2. The number of likely N-dealkylation sites (tertiary alicyclic amines) is 1. The molecule has 0 spiro atoms. The van der Waals surface area contributed by atoms with E-state index < -0.39 is 0 Å². The fourth-order valence-corrected chi connectivity index (χ4v) is 5.85. The van der Waals surface area contributed by atoms with Gasteiger partial charge in [0.05, 0.1) is 11.6 Å². The van der Waals surface area contributed by atoms with Crippen molar-refractivity contribution in [3.8, 4) is 5.75 Å². The van der Waals surface area contributed by atoms with Gasteiger partial charge in [-0.1, -0.05) is 37.1 Å². The Morgan fingerprint density at radius 1 is 0.949 bits per heavy atom. The van der Waals surface area contributed by atoms with E-state index in [1.807, 2.05) is 12.3 Å². The van der Waals surface area contributed by atoms with Crippen LogP contribution in [0.3, 0.4) is 0 Å². The number of likely N-dealkylation sites (N-methyl/N-ethyl adjacent to an activating group) is 1. The average molecular weight is 530 g/mol. The Morgan fingerprint density at radius 2 is 1.72 bits per heavy atom. The molecule has 0 N–H and O–H groups in total. The van der Waals surface area contributed by atoms with E-state index in [2.05, 4.69) is 87.2 Å². The Kier molecular flexibility index (Phi) is 9.45. The number of benzene rings is 2. The highest BCUT2D eigenvalue weighted by Crippen LogP contribution is 2.19. The third-order valence-corrected chi connectivity index (χ3v) is 8.16. The minimum absolute atomic E-state index is 0.0707. The smallest absolute Gasteiger partial charge is 0.240 e. The number of rotatable bonds is 9. The molecular formula is C32H43N5O2. The summed E-state index contributed by atoms with van der Waals surface area (Å²) in [6.07, 6.45) is 6.45. The summed E-state index contributed by atoms with van der Waals surface area (Å²) >= 11 is 0. The molecule has 0 radical (unpaired) electrons. The fourth-order valence-electron chi connectivity index (χ4n) is 5.85. The van der Waals surface area contributed by atoms with Crippen LogP contribution in [0.5, 0.6) is 5.75 Å². The molecule has 0 saturated carbocycles. The van der Waals surface area contributed by atoms with Crippen molar-refractivity contribution in [2.75, 3.05) is 60.0 Å². The van der Waals surface area contributed by atoms with Gasteiger partial charge < -0.3 is 9.64 Å². The lowest BCUT2D eigenvalue weighted by Gasteiger charge is -2.37. The number of piperazine rings is 1. The first kappa shape index (κ1) is 27.6. The normalized spacial score (nSPS) is 19.4. The van der Waals surface area contributed by atoms with Crippen LogP contribution in [0.1, 0.15) is 36.8 Å². The topological polar surface area (TPSA) is 52.2 Å². The lowest BCUT2D eigenvalue weighted by Crippen LogP contribution is -2.54. The van der Waals surface area contributed by atoms with Crippen LogP contribution in [0, 0.1) is 0 Å².